The normalized spacial score (nSPS) is 20.7. The van der Waals surface area contributed by atoms with Crippen LogP contribution in [0.5, 0.6) is 0 Å². The zero-order valence-corrected chi connectivity index (χ0v) is 10.1. The van der Waals surface area contributed by atoms with Crippen LogP contribution < -0.4 is 5.73 Å². The van der Waals surface area contributed by atoms with Crippen molar-refractivity contribution < 1.29 is 14.3 Å². The Bertz CT molecular complexity index is 215. The Morgan fingerprint density at radius 3 is 2.62 bits per heavy atom. The van der Waals surface area contributed by atoms with Crippen molar-refractivity contribution in [1.82, 2.24) is 4.90 Å². The highest BCUT2D eigenvalue weighted by molar-refractivity contribution is 5.75. The number of esters is 1. The predicted molar refractivity (Wildman–Crippen MR) is 61.1 cm³/mol. The van der Waals surface area contributed by atoms with E-state index in [0.717, 1.165) is 32.5 Å². The highest BCUT2D eigenvalue weighted by Crippen LogP contribution is 2.13. The molecule has 1 aliphatic rings. The lowest BCUT2D eigenvalue weighted by atomic mass is 10.1. The summed E-state index contributed by atoms with van der Waals surface area (Å²) in [6, 6.07) is -0.534. The summed E-state index contributed by atoms with van der Waals surface area (Å²) in [7, 11) is 1.36. The fourth-order valence-corrected chi connectivity index (χ4v) is 2.00. The second-order valence-electron chi connectivity index (χ2n) is 4.08. The van der Waals surface area contributed by atoms with Gasteiger partial charge in [0.05, 0.1) is 13.2 Å². The van der Waals surface area contributed by atoms with Gasteiger partial charge in [-0.1, -0.05) is 0 Å². The minimum atomic E-state index is -0.534. The summed E-state index contributed by atoms with van der Waals surface area (Å²) in [5, 5.41) is 0. The van der Waals surface area contributed by atoms with Crippen LogP contribution in [0.15, 0.2) is 0 Å². The van der Waals surface area contributed by atoms with Gasteiger partial charge in [-0.05, 0) is 19.8 Å². The SMILES string of the molecule is CCOC1CCN(CC(N)C(=O)OC)CC1. The molecule has 0 saturated carbocycles. The van der Waals surface area contributed by atoms with Gasteiger partial charge >= 0.3 is 5.97 Å². The molecule has 16 heavy (non-hydrogen) atoms. The number of likely N-dealkylation sites (tertiary alicyclic amines) is 1. The highest BCUT2D eigenvalue weighted by Gasteiger charge is 2.23. The third kappa shape index (κ3) is 4.08. The molecule has 1 aliphatic heterocycles. The van der Waals surface area contributed by atoms with E-state index in [2.05, 4.69) is 9.64 Å². The number of hydrogen-bond acceptors (Lipinski definition) is 5. The summed E-state index contributed by atoms with van der Waals surface area (Å²) < 4.78 is 10.2. The van der Waals surface area contributed by atoms with Crippen molar-refractivity contribution in [3.63, 3.8) is 0 Å². The summed E-state index contributed by atoms with van der Waals surface area (Å²) in [6.07, 6.45) is 2.40. The Hall–Kier alpha value is -0.650. The third-order valence-corrected chi connectivity index (χ3v) is 2.90. The number of carbonyl (C=O) groups excluding carboxylic acids is 1. The molecule has 5 nitrogen and oxygen atoms in total. The average Bonchev–Trinajstić information content (AvgIpc) is 2.31. The summed E-state index contributed by atoms with van der Waals surface area (Å²) >= 11 is 0. The second kappa shape index (κ2) is 6.83. The predicted octanol–water partition coefficient (Wildman–Crippen LogP) is -0.0124. The molecule has 1 heterocycles. The fraction of sp³-hybridized carbons (Fsp3) is 0.909. The topological polar surface area (TPSA) is 64.8 Å². The summed E-state index contributed by atoms with van der Waals surface area (Å²) in [6.45, 7) is 5.24. The number of ether oxygens (including phenoxy) is 2. The number of nitrogens with zero attached hydrogens (tertiary/aromatic N) is 1. The molecular formula is C11H22N2O3. The maximum absolute atomic E-state index is 11.2. The van der Waals surface area contributed by atoms with Crippen molar-refractivity contribution in [3.05, 3.63) is 0 Å². The molecule has 0 aliphatic carbocycles. The van der Waals surface area contributed by atoms with Crippen molar-refractivity contribution >= 4 is 5.97 Å². The lowest BCUT2D eigenvalue weighted by Crippen LogP contribution is -2.47. The van der Waals surface area contributed by atoms with Crippen LogP contribution in [0.1, 0.15) is 19.8 Å². The van der Waals surface area contributed by atoms with Gasteiger partial charge in [-0.25, -0.2) is 0 Å². The van der Waals surface area contributed by atoms with Crippen LogP contribution in [-0.2, 0) is 14.3 Å². The van der Waals surface area contributed by atoms with Gasteiger partial charge < -0.3 is 20.1 Å². The molecular weight excluding hydrogens is 208 g/mol. The van der Waals surface area contributed by atoms with Gasteiger partial charge in [0.15, 0.2) is 0 Å². The largest absolute Gasteiger partial charge is 0.468 e. The molecule has 0 aromatic rings. The zero-order valence-electron chi connectivity index (χ0n) is 10.1. The maximum Gasteiger partial charge on any atom is 0.323 e. The molecule has 0 bridgehead atoms. The van der Waals surface area contributed by atoms with Crippen LogP contribution in [-0.4, -0.2) is 56.4 Å². The molecule has 1 atom stereocenters. The minimum absolute atomic E-state index is 0.341. The van der Waals surface area contributed by atoms with Crippen molar-refractivity contribution in [2.75, 3.05) is 33.4 Å². The molecule has 5 heteroatoms. The molecule has 1 unspecified atom stereocenters. The Labute approximate surface area is 96.9 Å². The lowest BCUT2D eigenvalue weighted by molar-refractivity contribution is -0.142. The first kappa shape index (κ1) is 13.4. The van der Waals surface area contributed by atoms with E-state index < -0.39 is 6.04 Å². The Morgan fingerprint density at radius 1 is 1.50 bits per heavy atom. The van der Waals surface area contributed by atoms with Gasteiger partial charge in [0.25, 0.3) is 0 Å². The van der Waals surface area contributed by atoms with Gasteiger partial charge in [-0.15, -0.1) is 0 Å². The number of methoxy groups -OCH3 is 1. The summed E-state index contributed by atoms with van der Waals surface area (Å²) in [5.74, 6) is -0.341. The molecule has 0 spiro atoms. The van der Waals surface area contributed by atoms with Gasteiger partial charge in [-0.3, -0.25) is 4.79 Å². The first-order chi connectivity index (χ1) is 7.67. The number of carbonyl (C=O) groups is 1. The third-order valence-electron chi connectivity index (χ3n) is 2.90. The molecule has 0 aromatic heterocycles. The first-order valence-corrected chi connectivity index (χ1v) is 5.84. The monoisotopic (exact) mass is 230 g/mol. The van der Waals surface area contributed by atoms with Crippen LogP contribution >= 0.6 is 0 Å². The molecule has 1 saturated heterocycles. The van der Waals surface area contributed by atoms with Gasteiger partial charge in [0, 0.05) is 26.2 Å². The molecule has 1 fully saturated rings. The Morgan fingerprint density at radius 2 is 2.12 bits per heavy atom. The number of nitrogens with two attached hydrogens (primary N) is 1. The van der Waals surface area contributed by atoms with E-state index in [1.165, 1.54) is 7.11 Å². The molecule has 2 N–H and O–H groups in total. The Balaban J connectivity index is 2.24. The van der Waals surface area contributed by atoms with E-state index in [4.69, 9.17) is 10.5 Å². The molecule has 0 radical (unpaired) electrons. The van der Waals surface area contributed by atoms with E-state index >= 15 is 0 Å². The summed E-state index contributed by atoms with van der Waals surface area (Å²) in [4.78, 5) is 13.3. The van der Waals surface area contributed by atoms with Crippen molar-refractivity contribution in [2.24, 2.45) is 5.73 Å². The molecule has 1 rings (SSSR count). The van der Waals surface area contributed by atoms with Crippen LogP contribution in [0.2, 0.25) is 0 Å². The molecule has 0 aromatic carbocycles. The Kier molecular flexibility index (Phi) is 5.73. The van der Waals surface area contributed by atoms with Crippen molar-refractivity contribution in [3.8, 4) is 0 Å². The quantitative estimate of drug-likeness (QED) is 0.673. The average molecular weight is 230 g/mol. The fourth-order valence-electron chi connectivity index (χ4n) is 2.00. The minimum Gasteiger partial charge on any atom is -0.468 e. The van der Waals surface area contributed by atoms with Gasteiger partial charge in [-0.2, -0.15) is 0 Å². The van der Waals surface area contributed by atoms with Crippen LogP contribution in [0.3, 0.4) is 0 Å². The first-order valence-electron chi connectivity index (χ1n) is 5.84. The van der Waals surface area contributed by atoms with Gasteiger partial charge in [0.2, 0.25) is 0 Å². The van der Waals surface area contributed by atoms with E-state index in [9.17, 15) is 4.79 Å². The van der Waals surface area contributed by atoms with E-state index in [0.29, 0.717) is 12.6 Å². The number of rotatable bonds is 5. The second-order valence-corrected chi connectivity index (χ2v) is 4.08. The highest BCUT2D eigenvalue weighted by atomic mass is 16.5. The molecule has 94 valence electrons. The number of hydrogen-bond donors (Lipinski definition) is 1. The standard InChI is InChI=1S/C11H22N2O3/c1-3-16-9-4-6-13(7-5-9)8-10(12)11(14)15-2/h9-10H,3-8,12H2,1-2H3. The maximum atomic E-state index is 11.2. The summed E-state index contributed by atoms with van der Waals surface area (Å²) in [5.41, 5.74) is 5.70. The van der Waals surface area contributed by atoms with E-state index in [1.807, 2.05) is 6.92 Å². The van der Waals surface area contributed by atoms with E-state index in [1.54, 1.807) is 0 Å². The van der Waals surface area contributed by atoms with Crippen molar-refractivity contribution in [1.29, 1.82) is 0 Å². The number of piperidine rings is 1. The molecule has 0 amide bonds. The van der Waals surface area contributed by atoms with Crippen LogP contribution in [0, 0.1) is 0 Å². The van der Waals surface area contributed by atoms with Crippen molar-refractivity contribution in [2.45, 2.75) is 31.9 Å². The van der Waals surface area contributed by atoms with E-state index in [-0.39, 0.29) is 5.97 Å². The van der Waals surface area contributed by atoms with Crippen LogP contribution in [0.4, 0.5) is 0 Å². The lowest BCUT2D eigenvalue weighted by Gasteiger charge is -2.32. The van der Waals surface area contributed by atoms with Gasteiger partial charge in [0.1, 0.15) is 6.04 Å². The zero-order chi connectivity index (χ0) is 12.0. The smallest absolute Gasteiger partial charge is 0.323 e. The van der Waals surface area contributed by atoms with Crippen LogP contribution in [0.25, 0.3) is 0 Å².